The lowest BCUT2D eigenvalue weighted by molar-refractivity contribution is 0.761. The fourth-order valence-electron chi connectivity index (χ4n) is 2.27. The van der Waals surface area contributed by atoms with E-state index in [2.05, 4.69) is 21.4 Å². The number of fused-ring (bicyclic) bond motifs is 1. The van der Waals surface area contributed by atoms with E-state index in [0.717, 1.165) is 17.9 Å². The molecule has 1 aliphatic rings. The molecule has 1 unspecified atom stereocenters. The highest BCUT2D eigenvalue weighted by Gasteiger charge is 2.23. The molecule has 0 aliphatic heterocycles. The molecular weight excluding hydrogens is 234 g/mol. The van der Waals surface area contributed by atoms with Crippen LogP contribution >= 0.6 is 11.6 Å². The van der Waals surface area contributed by atoms with Crippen LogP contribution in [-0.4, -0.2) is 16.0 Å². The first-order chi connectivity index (χ1) is 8.33. The summed E-state index contributed by atoms with van der Waals surface area (Å²) >= 11 is 6.18. The van der Waals surface area contributed by atoms with Crippen molar-refractivity contribution in [3.63, 3.8) is 0 Å². The van der Waals surface area contributed by atoms with Crippen LogP contribution in [0.1, 0.15) is 11.1 Å². The second-order valence-electron chi connectivity index (χ2n) is 4.20. The maximum absolute atomic E-state index is 6.18. The molecule has 1 aliphatic carbocycles. The van der Waals surface area contributed by atoms with Gasteiger partial charge in [-0.2, -0.15) is 0 Å². The van der Waals surface area contributed by atoms with Crippen molar-refractivity contribution in [3.8, 4) is 0 Å². The molecule has 2 aromatic rings. The topological polar surface area (TPSA) is 37.8 Å². The highest BCUT2D eigenvalue weighted by atomic mass is 35.5. The Kier molecular flexibility index (Phi) is 2.69. The van der Waals surface area contributed by atoms with Gasteiger partial charge in [-0.3, -0.25) is 0 Å². The molecule has 1 atom stereocenters. The molecule has 1 aromatic carbocycles. The smallest absolute Gasteiger partial charge is 0.222 e. The molecule has 0 radical (unpaired) electrons. The second-order valence-corrected chi connectivity index (χ2v) is 4.61. The van der Waals surface area contributed by atoms with Crippen molar-refractivity contribution >= 4 is 17.5 Å². The molecular formula is C13H12ClN3. The standard InChI is InChI=1S/C13H12ClN3/c14-12-4-1-3-9-7-10(8-11(9)12)17-13-15-5-2-6-16-13/h1-6,10H,7-8H2,(H,15,16,17). The molecule has 0 saturated carbocycles. The van der Waals surface area contributed by atoms with Crippen molar-refractivity contribution in [2.45, 2.75) is 18.9 Å². The minimum Gasteiger partial charge on any atom is -0.351 e. The Balaban J connectivity index is 1.77. The number of benzene rings is 1. The van der Waals surface area contributed by atoms with E-state index in [1.807, 2.05) is 18.2 Å². The maximum atomic E-state index is 6.18. The van der Waals surface area contributed by atoms with Crippen molar-refractivity contribution in [1.29, 1.82) is 0 Å². The molecule has 0 fully saturated rings. The molecule has 1 heterocycles. The Labute approximate surface area is 105 Å². The van der Waals surface area contributed by atoms with Crippen molar-refractivity contribution in [1.82, 2.24) is 9.97 Å². The van der Waals surface area contributed by atoms with E-state index in [1.54, 1.807) is 12.4 Å². The molecule has 0 amide bonds. The summed E-state index contributed by atoms with van der Waals surface area (Å²) in [4.78, 5) is 8.34. The number of nitrogens with zero attached hydrogens (tertiary/aromatic N) is 2. The number of halogens is 1. The molecule has 1 aromatic heterocycles. The van der Waals surface area contributed by atoms with Gasteiger partial charge in [0.1, 0.15) is 0 Å². The van der Waals surface area contributed by atoms with Gasteiger partial charge in [-0.25, -0.2) is 9.97 Å². The number of hydrogen-bond acceptors (Lipinski definition) is 3. The number of aromatic nitrogens is 2. The van der Waals surface area contributed by atoms with E-state index in [9.17, 15) is 0 Å². The van der Waals surface area contributed by atoms with Crippen LogP contribution in [0.25, 0.3) is 0 Å². The predicted octanol–water partition coefficient (Wildman–Crippen LogP) is 2.71. The lowest BCUT2D eigenvalue weighted by atomic mass is 10.1. The van der Waals surface area contributed by atoms with E-state index in [0.29, 0.717) is 12.0 Å². The predicted molar refractivity (Wildman–Crippen MR) is 68.3 cm³/mol. The summed E-state index contributed by atoms with van der Waals surface area (Å²) in [5.41, 5.74) is 2.58. The Hall–Kier alpha value is -1.61. The third-order valence-electron chi connectivity index (χ3n) is 3.03. The fourth-order valence-corrected chi connectivity index (χ4v) is 2.54. The zero-order valence-corrected chi connectivity index (χ0v) is 9.98. The zero-order valence-electron chi connectivity index (χ0n) is 9.23. The Morgan fingerprint density at radius 3 is 2.71 bits per heavy atom. The van der Waals surface area contributed by atoms with Crippen LogP contribution < -0.4 is 5.32 Å². The minimum atomic E-state index is 0.340. The largest absolute Gasteiger partial charge is 0.351 e. The summed E-state index contributed by atoms with van der Waals surface area (Å²) in [6.45, 7) is 0. The molecule has 0 spiro atoms. The van der Waals surface area contributed by atoms with Crippen LogP contribution in [0.2, 0.25) is 5.02 Å². The molecule has 86 valence electrons. The number of hydrogen-bond donors (Lipinski definition) is 1. The first-order valence-electron chi connectivity index (χ1n) is 5.63. The van der Waals surface area contributed by atoms with Crippen molar-refractivity contribution in [3.05, 3.63) is 52.8 Å². The zero-order chi connectivity index (χ0) is 11.7. The average Bonchev–Trinajstić information content (AvgIpc) is 2.74. The summed E-state index contributed by atoms with van der Waals surface area (Å²) in [5, 5.41) is 4.20. The van der Waals surface area contributed by atoms with Crippen LogP contribution in [0.15, 0.2) is 36.7 Å². The summed E-state index contributed by atoms with van der Waals surface area (Å²) in [5.74, 6) is 0.682. The van der Waals surface area contributed by atoms with Gasteiger partial charge in [-0.1, -0.05) is 23.7 Å². The summed E-state index contributed by atoms with van der Waals surface area (Å²) < 4.78 is 0. The molecule has 17 heavy (non-hydrogen) atoms. The molecule has 3 nitrogen and oxygen atoms in total. The van der Waals surface area contributed by atoms with Gasteiger partial charge < -0.3 is 5.32 Å². The van der Waals surface area contributed by atoms with Gasteiger partial charge in [-0.05, 0) is 36.1 Å². The van der Waals surface area contributed by atoms with E-state index >= 15 is 0 Å². The van der Waals surface area contributed by atoms with E-state index in [4.69, 9.17) is 11.6 Å². The Morgan fingerprint density at radius 2 is 1.94 bits per heavy atom. The number of rotatable bonds is 2. The number of nitrogens with one attached hydrogen (secondary N) is 1. The van der Waals surface area contributed by atoms with Crippen LogP contribution in [-0.2, 0) is 12.8 Å². The van der Waals surface area contributed by atoms with Gasteiger partial charge in [0.25, 0.3) is 0 Å². The molecule has 1 N–H and O–H groups in total. The first-order valence-corrected chi connectivity index (χ1v) is 6.00. The molecule has 0 saturated heterocycles. The maximum Gasteiger partial charge on any atom is 0.222 e. The highest BCUT2D eigenvalue weighted by molar-refractivity contribution is 6.31. The minimum absolute atomic E-state index is 0.340. The number of anilines is 1. The quantitative estimate of drug-likeness (QED) is 0.884. The van der Waals surface area contributed by atoms with Crippen LogP contribution in [0.4, 0.5) is 5.95 Å². The highest BCUT2D eigenvalue weighted by Crippen LogP contribution is 2.29. The van der Waals surface area contributed by atoms with E-state index in [-0.39, 0.29) is 0 Å². The van der Waals surface area contributed by atoms with Gasteiger partial charge in [0.05, 0.1) is 0 Å². The summed E-state index contributed by atoms with van der Waals surface area (Å²) in [7, 11) is 0. The van der Waals surface area contributed by atoms with Crippen LogP contribution in [0, 0.1) is 0 Å². The van der Waals surface area contributed by atoms with E-state index in [1.165, 1.54) is 11.1 Å². The van der Waals surface area contributed by atoms with Gasteiger partial charge in [0, 0.05) is 23.5 Å². The third kappa shape index (κ3) is 2.11. The normalized spacial score (nSPS) is 17.8. The molecule has 0 bridgehead atoms. The first kappa shape index (κ1) is 10.5. The van der Waals surface area contributed by atoms with E-state index < -0.39 is 0 Å². The monoisotopic (exact) mass is 245 g/mol. The van der Waals surface area contributed by atoms with Crippen LogP contribution in [0.5, 0.6) is 0 Å². The van der Waals surface area contributed by atoms with Gasteiger partial charge >= 0.3 is 0 Å². The van der Waals surface area contributed by atoms with Crippen molar-refractivity contribution in [2.24, 2.45) is 0 Å². The van der Waals surface area contributed by atoms with Gasteiger partial charge in [-0.15, -0.1) is 0 Å². The lowest BCUT2D eigenvalue weighted by Crippen LogP contribution is -2.20. The average molecular weight is 246 g/mol. The summed E-state index contributed by atoms with van der Waals surface area (Å²) in [6, 6.07) is 8.23. The van der Waals surface area contributed by atoms with Crippen molar-refractivity contribution < 1.29 is 0 Å². The fraction of sp³-hybridized carbons (Fsp3) is 0.231. The SMILES string of the molecule is Clc1cccc2c1CC(Nc1ncccn1)C2. The Morgan fingerprint density at radius 1 is 1.12 bits per heavy atom. The summed E-state index contributed by atoms with van der Waals surface area (Å²) in [6.07, 6.45) is 5.40. The lowest BCUT2D eigenvalue weighted by Gasteiger charge is -2.10. The van der Waals surface area contributed by atoms with Gasteiger partial charge in [0.15, 0.2) is 0 Å². The molecule has 3 rings (SSSR count). The van der Waals surface area contributed by atoms with Gasteiger partial charge in [0.2, 0.25) is 5.95 Å². The molecule has 4 heteroatoms. The Bertz CT molecular complexity index is 527. The third-order valence-corrected chi connectivity index (χ3v) is 3.39. The van der Waals surface area contributed by atoms with Crippen molar-refractivity contribution in [2.75, 3.05) is 5.32 Å². The second kappa shape index (κ2) is 4.34. The van der Waals surface area contributed by atoms with Crippen LogP contribution in [0.3, 0.4) is 0 Å².